The van der Waals surface area contributed by atoms with Crippen molar-refractivity contribution in [3.8, 4) is 23.0 Å². The second kappa shape index (κ2) is 8.94. The number of ether oxygens (including phenoxy) is 5. The number of aliphatic hydroxyl groups is 2. The second-order valence-corrected chi connectivity index (χ2v) is 6.02. The lowest BCUT2D eigenvalue weighted by molar-refractivity contribution is 0.0169. The fraction of sp³-hybridized carbons (Fsp3) is 0.400. The summed E-state index contributed by atoms with van der Waals surface area (Å²) in [6.45, 7) is 1.48. The highest BCUT2D eigenvalue weighted by atomic mass is 16.6. The predicted molar refractivity (Wildman–Crippen MR) is 97.7 cm³/mol. The molecule has 2 atom stereocenters. The van der Waals surface area contributed by atoms with Crippen molar-refractivity contribution < 1.29 is 33.9 Å². The summed E-state index contributed by atoms with van der Waals surface area (Å²) in [5.41, 5.74) is 1.01. The van der Waals surface area contributed by atoms with Gasteiger partial charge in [-0.05, 0) is 35.4 Å². The first-order chi connectivity index (χ1) is 13.1. The summed E-state index contributed by atoms with van der Waals surface area (Å²) in [5.74, 6) is 1.88. The molecule has 27 heavy (non-hydrogen) atoms. The number of rotatable bonds is 2. The van der Waals surface area contributed by atoms with Crippen molar-refractivity contribution in [1.82, 2.24) is 0 Å². The molecule has 0 aromatic heterocycles. The van der Waals surface area contributed by atoms with E-state index < -0.39 is 12.2 Å². The predicted octanol–water partition coefficient (Wildman–Crippen LogP) is 2.26. The molecule has 2 aromatic rings. The van der Waals surface area contributed by atoms with Crippen LogP contribution in [0.1, 0.15) is 23.3 Å². The van der Waals surface area contributed by atoms with E-state index in [2.05, 4.69) is 0 Å². The van der Waals surface area contributed by atoms with Crippen LogP contribution in [0, 0.1) is 0 Å². The van der Waals surface area contributed by atoms with Crippen LogP contribution in [0.15, 0.2) is 36.4 Å². The van der Waals surface area contributed by atoms with Gasteiger partial charge < -0.3 is 33.9 Å². The highest BCUT2D eigenvalue weighted by Crippen LogP contribution is 2.42. The highest BCUT2D eigenvalue weighted by Gasteiger charge is 2.24. The van der Waals surface area contributed by atoms with Crippen LogP contribution in [-0.2, 0) is 4.74 Å². The Morgan fingerprint density at radius 3 is 1.93 bits per heavy atom. The quantitative estimate of drug-likeness (QED) is 0.831. The minimum absolute atomic E-state index is 0.297. The lowest BCUT2D eigenvalue weighted by Gasteiger charge is -2.21. The van der Waals surface area contributed by atoms with Crippen molar-refractivity contribution in [1.29, 1.82) is 0 Å². The molecule has 0 saturated carbocycles. The second-order valence-electron chi connectivity index (χ2n) is 6.02. The van der Waals surface area contributed by atoms with Gasteiger partial charge in [-0.1, -0.05) is 12.1 Å². The van der Waals surface area contributed by atoms with Gasteiger partial charge in [-0.25, -0.2) is 0 Å². The van der Waals surface area contributed by atoms with E-state index in [4.69, 9.17) is 23.7 Å². The van der Waals surface area contributed by atoms with Gasteiger partial charge in [-0.3, -0.25) is 0 Å². The van der Waals surface area contributed by atoms with Crippen LogP contribution in [0.5, 0.6) is 23.0 Å². The van der Waals surface area contributed by atoms with Crippen molar-refractivity contribution in [2.24, 2.45) is 0 Å². The Morgan fingerprint density at radius 2 is 1.33 bits per heavy atom. The molecule has 7 heteroatoms. The topological polar surface area (TPSA) is 86.6 Å². The molecule has 0 fully saturated rings. The third-order valence-corrected chi connectivity index (χ3v) is 4.32. The monoisotopic (exact) mass is 376 g/mol. The lowest BCUT2D eigenvalue weighted by atomic mass is 9.97. The van der Waals surface area contributed by atoms with E-state index in [1.54, 1.807) is 36.4 Å². The summed E-state index contributed by atoms with van der Waals surface area (Å²) < 4.78 is 27.6. The maximum atomic E-state index is 10.7. The highest BCUT2D eigenvalue weighted by molar-refractivity contribution is 5.54. The van der Waals surface area contributed by atoms with Crippen molar-refractivity contribution in [3.63, 3.8) is 0 Å². The normalized spacial score (nSPS) is 20.4. The van der Waals surface area contributed by atoms with Gasteiger partial charge in [0, 0.05) is 0 Å². The van der Waals surface area contributed by atoms with Gasteiger partial charge in [0.25, 0.3) is 0 Å². The average molecular weight is 376 g/mol. The Balaban J connectivity index is 1.99. The number of benzene rings is 2. The third kappa shape index (κ3) is 4.44. The molecule has 2 aromatic carbocycles. The summed E-state index contributed by atoms with van der Waals surface area (Å²) in [4.78, 5) is 0. The Labute approximate surface area is 158 Å². The zero-order valence-corrected chi connectivity index (χ0v) is 15.4. The number of hydrogen-bond donors (Lipinski definition) is 2. The van der Waals surface area contributed by atoms with Gasteiger partial charge in [0.1, 0.15) is 31.2 Å². The van der Waals surface area contributed by atoms with Crippen molar-refractivity contribution in [2.45, 2.75) is 12.2 Å². The fourth-order valence-corrected chi connectivity index (χ4v) is 2.86. The smallest absolute Gasteiger partial charge is 0.203 e. The van der Waals surface area contributed by atoms with Gasteiger partial charge in [0.05, 0.1) is 27.4 Å². The van der Waals surface area contributed by atoms with Crippen LogP contribution < -0.4 is 18.9 Å². The zero-order valence-electron chi connectivity index (χ0n) is 15.4. The first kappa shape index (κ1) is 19.3. The molecular formula is C20H24O7. The molecule has 0 amide bonds. The Hall–Kier alpha value is -2.48. The molecule has 4 aliphatic heterocycles. The van der Waals surface area contributed by atoms with Gasteiger partial charge in [0.15, 0.2) is 11.5 Å². The first-order valence-electron chi connectivity index (χ1n) is 8.69. The lowest BCUT2D eigenvalue weighted by Crippen LogP contribution is -2.13. The van der Waals surface area contributed by atoms with Gasteiger partial charge in [-0.15, -0.1) is 0 Å². The Bertz CT molecular complexity index is 719. The summed E-state index contributed by atoms with van der Waals surface area (Å²) in [6.07, 6.45) is -2.30. The van der Waals surface area contributed by atoms with Crippen molar-refractivity contribution >= 4 is 0 Å². The molecular weight excluding hydrogens is 352 g/mol. The van der Waals surface area contributed by atoms with E-state index in [-0.39, 0.29) is 0 Å². The largest absolute Gasteiger partial charge is 0.493 e. The Morgan fingerprint density at radius 1 is 0.778 bits per heavy atom. The number of methoxy groups -OCH3 is 2. The van der Waals surface area contributed by atoms with Gasteiger partial charge in [0.2, 0.25) is 5.75 Å². The van der Waals surface area contributed by atoms with E-state index in [9.17, 15) is 10.2 Å². The van der Waals surface area contributed by atoms with Crippen molar-refractivity contribution in [2.75, 3.05) is 40.6 Å². The summed E-state index contributed by atoms with van der Waals surface area (Å²) >= 11 is 0. The van der Waals surface area contributed by atoms with E-state index in [0.29, 0.717) is 60.6 Å². The first-order valence-corrected chi connectivity index (χ1v) is 8.69. The van der Waals surface area contributed by atoms with Gasteiger partial charge in [-0.2, -0.15) is 0 Å². The van der Waals surface area contributed by atoms with Gasteiger partial charge >= 0.3 is 0 Å². The molecule has 0 radical (unpaired) electrons. The van der Waals surface area contributed by atoms with Crippen LogP contribution in [0.4, 0.5) is 0 Å². The van der Waals surface area contributed by atoms with Crippen LogP contribution in [0.2, 0.25) is 0 Å². The van der Waals surface area contributed by atoms with Crippen LogP contribution in [-0.4, -0.2) is 50.9 Å². The molecule has 0 unspecified atom stereocenters. The molecule has 0 spiro atoms. The van der Waals surface area contributed by atoms with E-state index in [1.165, 1.54) is 14.2 Å². The SMILES string of the molecule is COc1cc2cc(OC)c1OCCOCCOc1ccc(cc1)[C@@H](O)[C@@H]2O. The average Bonchev–Trinajstić information content (AvgIpc) is 2.71. The number of hydrogen-bond acceptors (Lipinski definition) is 7. The molecule has 7 nitrogen and oxygen atoms in total. The third-order valence-electron chi connectivity index (χ3n) is 4.32. The summed E-state index contributed by atoms with van der Waals surface area (Å²) in [5, 5.41) is 21.3. The van der Waals surface area contributed by atoms with E-state index >= 15 is 0 Å². The van der Waals surface area contributed by atoms with Crippen LogP contribution in [0.25, 0.3) is 0 Å². The summed E-state index contributed by atoms with van der Waals surface area (Å²) in [7, 11) is 3.01. The Kier molecular flexibility index (Phi) is 6.39. The standard InChI is InChI=1S/C20H24O7/c1-23-16-11-14-12-17(24-2)20(16)27-10-8-25-7-9-26-15-5-3-13(4-6-15)18(21)19(14)22/h3-6,11-12,18-19,21-22H,7-10H2,1-2H3/t18-,19-/m1/s1. The maximum Gasteiger partial charge on any atom is 0.203 e. The van der Waals surface area contributed by atoms with Crippen LogP contribution >= 0.6 is 0 Å². The minimum Gasteiger partial charge on any atom is -0.493 e. The molecule has 4 bridgehead atoms. The molecule has 2 N–H and O–H groups in total. The molecule has 4 aliphatic rings. The molecule has 4 heterocycles. The minimum atomic E-state index is -1.17. The molecule has 146 valence electrons. The van der Waals surface area contributed by atoms with Crippen LogP contribution in [0.3, 0.4) is 0 Å². The van der Waals surface area contributed by atoms with E-state index in [0.717, 1.165) is 0 Å². The molecule has 0 saturated heterocycles. The fourth-order valence-electron chi connectivity index (χ4n) is 2.86. The number of aliphatic hydroxyl groups excluding tert-OH is 2. The molecule has 6 rings (SSSR count). The molecule has 0 aliphatic carbocycles. The summed E-state index contributed by atoms with van der Waals surface area (Å²) in [6, 6.07) is 10.2. The zero-order chi connectivity index (χ0) is 19.2. The van der Waals surface area contributed by atoms with E-state index in [1.807, 2.05) is 0 Å². The maximum absolute atomic E-state index is 10.7. The van der Waals surface area contributed by atoms with Crippen molar-refractivity contribution in [3.05, 3.63) is 47.5 Å².